The lowest BCUT2D eigenvalue weighted by Crippen LogP contribution is -2.13. The van der Waals surface area contributed by atoms with Gasteiger partial charge in [0.25, 0.3) is 5.91 Å². The van der Waals surface area contributed by atoms with Gasteiger partial charge in [-0.3, -0.25) is 4.79 Å². The monoisotopic (exact) mass is 154 g/mol. The van der Waals surface area contributed by atoms with Crippen molar-refractivity contribution < 1.29 is 9.18 Å². The van der Waals surface area contributed by atoms with Crippen LogP contribution in [0.4, 0.5) is 4.39 Å². The molecule has 0 aromatic carbocycles. The van der Waals surface area contributed by atoms with Gasteiger partial charge in [-0.25, -0.2) is 9.37 Å². The molecule has 0 saturated carbocycles. The van der Waals surface area contributed by atoms with Gasteiger partial charge in [0.2, 0.25) is 0 Å². The summed E-state index contributed by atoms with van der Waals surface area (Å²) in [5.41, 5.74) is 5.18. The van der Waals surface area contributed by atoms with Crippen LogP contribution in [0.3, 0.4) is 0 Å². The minimum absolute atomic E-state index is 0.0869. The van der Waals surface area contributed by atoms with Crippen molar-refractivity contribution >= 4 is 5.91 Å². The Balaban J connectivity index is 3.15. The van der Waals surface area contributed by atoms with Gasteiger partial charge in [-0.05, 0) is 19.1 Å². The van der Waals surface area contributed by atoms with Crippen LogP contribution in [0.25, 0.3) is 0 Å². The van der Waals surface area contributed by atoms with E-state index in [1.54, 1.807) is 0 Å². The molecule has 0 radical (unpaired) electrons. The minimum atomic E-state index is -0.645. The van der Waals surface area contributed by atoms with E-state index in [1.807, 2.05) is 0 Å². The molecule has 0 aliphatic rings. The fraction of sp³-hybridized carbons (Fsp3) is 0.143. The number of halogens is 1. The summed E-state index contributed by atoms with van der Waals surface area (Å²) in [6, 6.07) is 2.42. The summed E-state index contributed by atoms with van der Waals surface area (Å²) in [5, 5.41) is 0. The van der Waals surface area contributed by atoms with Crippen LogP contribution in [0.1, 0.15) is 16.2 Å². The maximum absolute atomic E-state index is 12.5. The lowest BCUT2D eigenvalue weighted by atomic mass is 10.3. The first-order valence-electron chi connectivity index (χ1n) is 3.04. The van der Waals surface area contributed by atoms with Crippen LogP contribution in [0.15, 0.2) is 12.1 Å². The van der Waals surface area contributed by atoms with Gasteiger partial charge in [0.05, 0.1) is 5.69 Å². The molecule has 0 bridgehead atoms. The highest BCUT2D eigenvalue weighted by atomic mass is 19.1. The number of amides is 1. The summed E-state index contributed by atoms with van der Waals surface area (Å²) in [7, 11) is 0. The molecule has 0 unspecified atom stereocenters. The molecule has 11 heavy (non-hydrogen) atoms. The van der Waals surface area contributed by atoms with Crippen LogP contribution in [0, 0.1) is 12.7 Å². The quantitative estimate of drug-likeness (QED) is 0.644. The number of nitrogens with zero attached hydrogens (tertiary/aromatic N) is 1. The van der Waals surface area contributed by atoms with E-state index >= 15 is 0 Å². The van der Waals surface area contributed by atoms with Crippen molar-refractivity contribution in [2.75, 3.05) is 0 Å². The Morgan fingerprint density at radius 2 is 2.27 bits per heavy atom. The lowest BCUT2D eigenvalue weighted by molar-refractivity contribution is 0.0995. The number of carbonyl (C=O) groups excluding carboxylic acids is 1. The zero-order valence-electron chi connectivity index (χ0n) is 5.97. The number of primary amides is 1. The van der Waals surface area contributed by atoms with Gasteiger partial charge in [0, 0.05) is 0 Å². The Morgan fingerprint density at radius 3 is 2.73 bits per heavy atom. The van der Waals surface area contributed by atoms with Crippen molar-refractivity contribution in [3.05, 3.63) is 29.3 Å². The van der Waals surface area contributed by atoms with E-state index in [1.165, 1.54) is 19.1 Å². The Morgan fingerprint density at radius 1 is 1.64 bits per heavy atom. The molecule has 2 N–H and O–H groups in total. The maximum atomic E-state index is 12.5. The van der Waals surface area contributed by atoms with Crippen molar-refractivity contribution in [1.82, 2.24) is 4.98 Å². The Labute approximate surface area is 63.0 Å². The second-order valence-corrected chi connectivity index (χ2v) is 2.13. The molecule has 1 rings (SSSR count). The number of pyridine rings is 1. The van der Waals surface area contributed by atoms with Gasteiger partial charge < -0.3 is 5.73 Å². The predicted octanol–water partition coefficient (Wildman–Crippen LogP) is 0.628. The standard InChI is InChI=1S/C7H7FN2O/c1-4-5(8)2-3-6(10-4)7(9)11/h2-3H,1H3,(H2,9,11). The molecule has 1 heterocycles. The maximum Gasteiger partial charge on any atom is 0.267 e. The van der Waals surface area contributed by atoms with Crippen molar-refractivity contribution in [1.29, 1.82) is 0 Å². The Bertz CT molecular complexity index is 298. The van der Waals surface area contributed by atoms with Gasteiger partial charge in [-0.2, -0.15) is 0 Å². The number of aryl methyl sites for hydroxylation is 1. The predicted molar refractivity (Wildman–Crippen MR) is 37.4 cm³/mol. The highest BCUT2D eigenvalue weighted by Gasteiger charge is 2.04. The number of nitrogens with two attached hydrogens (primary N) is 1. The smallest absolute Gasteiger partial charge is 0.267 e. The summed E-state index contributed by atoms with van der Waals surface area (Å²) >= 11 is 0. The van der Waals surface area contributed by atoms with Crippen LogP contribution in [0.5, 0.6) is 0 Å². The molecule has 0 aliphatic heterocycles. The zero-order chi connectivity index (χ0) is 8.43. The fourth-order valence-electron chi connectivity index (χ4n) is 0.681. The van der Waals surface area contributed by atoms with Gasteiger partial charge in [0.15, 0.2) is 0 Å². The average Bonchev–Trinajstić information content (AvgIpc) is 1.94. The first-order valence-corrected chi connectivity index (χ1v) is 3.04. The summed E-state index contributed by atoms with van der Waals surface area (Å²) in [6.45, 7) is 1.47. The van der Waals surface area contributed by atoms with Crippen molar-refractivity contribution in [3.8, 4) is 0 Å². The molecular formula is C7H7FN2O. The molecule has 58 valence electrons. The van der Waals surface area contributed by atoms with E-state index in [-0.39, 0.29) is 11.4 Å². The van der Waals surface area contributed by atoms with Crippen LogP contribution in [-0.4, -0.2) is 10.9 Å². The normalized spacial score (nSPS) is 9.64. The van der Waals surface area contributed by atoms with E-state index in [2.05, 4.69) is 4.98 Å². The molecule has 0 fully saturated rings. The highest BCUT2D eigenvalue weighted by molar-refractivity contribution is 5.90. The minimum Gasteiger partial charge on any atom is -0.364 e. The topological polar surface area (TPSA) is 56.0 Å². The van der Waals surface area contributed by atoms with E-state index in [0.29, 0.717) is 0 Å². The van der Waals surface area contributed by atoms with E-state index in [4.69, 9.17) is 5.73 Å². The molecule has 3 nitrogen and oxygen atoms in total. The second kappa shape index (κ2) is 2.65. The van der Waals surface area contributed by atoms with Crippen LogP contribution in [0.2, 0.25) is 0 Å². The van der Waals surface area contributed by atoms with Crippen molar-refractivity contribution in [2.45, 2.75) is 6.92 Å². The zero-order valence-corrected chi connectivity index (χ0v) is 5.97. The summed E-state index contributed by atoms with van der Waals surface area (Å²) < 4.78 is 12.5. The van der Waals surface area contributed by atoms with Crippen LogP contribution in [-0.2, 0) is 0 Å². The molecule has 1 aromatic rings. The lowest BCUT2D eigenvalue weighted by Gasteiger charge is -1.96. The van der Waals surface area contributed by atoms with Crippen LogP contribution >= 0.6 is 0 Å². The molecule has 0 aliphatic carbocycles. The summed E-state index contributed by atoms with van der Waals surface area (Å²) in [4.78, 5) is 14.1. The third kappa shape index (κ3) is 1.52. The largest absolute Gasteiger partial charge is 0.364 e. The van der Waals surface area contributed by atoms with Gasteiger partial charge in [-0.1, -0.05) is 0 Å². The van der Waals surface area contributed by atoms with Crippen LogP contribution < -0.4 is 5.73 Å². The van der Waals surface area contributed by atoms with E-state index < -0.39 is 11.7 Å². The third-order valence-electron chi connectivity index (χ3n) is 1.27. The molecular weight excluding hydrogens is 147 g/mol. The molecule has 0 saturated heterocycles. The molecule has 1 amide bonds. The molecule has 4 heteroatoms. The number of rotatable bonds is 1. The molecule has 0 atom stereocenters. The third-order valence-corrected chi connectivity index (χ3v) is 1.27. The number of carbonyl (C=O) groups is 1. The first kappa shape index (κ1) is 7.65. The van der Waals surface area contributed by atoms with Gasteiger partial charge in [0.1, 0.15) is 11.5 Å². The number of aromatic nitrogens is 1. The Hall–Kier alpha value is -1.45. The number of hydrogen-bond donors (Lipinski definition) is 1. The first-order chi connectivity index (χ1) is 5.11. The summed E-state index contributed by atoms with van der Waals surface area (Å²) in [6.07, 6.45) is 0. The van der Waals surface area contributed by atoms with E-state index in [0.717, 1.165) is 0 Å². The Kier molecular flexibility index (Phi) is 1.85. The van der Waals surface area contributed by atoms with E-state index in [9.17, 15) is 9.18 Å². The van der Waals surface area contributed by atoms with Crippen molar-refractivity contribution in [2.24, 2.45) is 5.73 Å². The molecule has 1 aromatic heterocycles. The summed E-state index contributed by atoms with van der Waals surface area (Å²) in [5.74, 6) is -1.08. The second-order valence-electron chi connectivity index (χ2n) is 2.13. The molecule has 0 spiro atoms. The van der Waals surface area contributed by atoms with Crippen molar-refractivity contribution in [3.63, 3.8) is 0 Å². The fourth-order valence-corrected chi connectivity index (χ4v) is 0.681. The van der Waals surface area contributed by atoms with Gasteiger partial charge in [-0.15, -0.1) is 0 Å². The van der Waals surface area contributed by atoms with Gasteiger partial charge >= 0.3 is 0 Å². The SMILES string of the molecule is Cc1nc(C(N)=O)ccc1F. The number of hydrogen-bond acceptors (Lipinski definition) is 2. The average molecular weight is 154 g/mol. The highest BCUT2D eigenvalue weighted by Crippen LogP contribution is 2.03.